The molecule has 0 saturated heterocycles. The third-order valence-electron chi connectivity index (χ3n) is 2.16. The average molecular weight is 200 g/mol. The van der Waals surface area contributed by atoms with Crippen LogP contribution in [0.4, 0.5) is 0 Å². The maximum absolute atomic E-state index is 4.24. The zero-order valence-corrected chi connectivity index (χ0v) is 8.21. The Morgan fingerprint density at radius 2 is 2.14 bits per heavy atom. The summed E-state index contributed by atoms with van der Waals surface area (Å²) in [4.78, 5) is 8.54. The predicted molar refractivity (Wildman–Crippen MR) is 59.4 cm³/mol. The van der Waals surface area contributed by atoms with Crippen LogP contribution in [0, 0.1) is 0 Å². The molecule has 0 bridgehead atoms. The van der Waals surface area contributed by atoms with Crippen molar-refractivity contribution in [2.45, 2.75) is 0 Å². The van der Waals surface area contributed by atoms with Gasteiger partial charge in [-0.15, -0.1) is 11.3 Å². The lowest BCUT2D eigenvalue weighted by atomic mass is 10.2. The van der Waals surface area contributed by atoms with Crippen LogP contribution in [0.1, 0.15) is 0 Å². The first-order valence-electron chi connectivity index (χ1n) is 4.42. The second-order valence-electron chi connectivity index (χ2n) is 3.09. The summed E-state index contributed by atoms with van der Waals surface area (Å²) in [6, 6.07) is 10.5. The predicted octanol–water partition coefficient (Wildman–Crippen LogP) is 3.29. The van der Waals surface area contributed by atoms with Gasteiger partial charge in [0.15, 0.2) is 0 Å². The van der Waals surface area contributed by atoms with Gasteiger partial charge in [-0.05, 0) is 17.5 Å². The maximum Gasteiger partial charge on any atom is 0.147 e. The van der Waals surface area contributed by atoms with Gasteiger partial charge in [0.05, 0.1) is 4.88 Å². The van der Waals surface area contributed by atoms with Crippen LogP contribution >= 0.6 is 11.3 Å². The molecule has 3 rings (SSSR count). The van der Waals surface area contributed by atoms with Crippen LogP contribution in [0.15, 0.2) is 42.7 Å². The number of aromatic nitrogens is 2. The topological polar surface area (TPSA) is 28.7 Å². The molecular formula is C11H8N2S. The standard InChI is InChI=1S/C11H8N2S/c1-2-4-9-8(3-1)7-10(14-9)11-12-5-6-13-11/h1-7H,(H,12,13). The van der Waals surface area contributed by atoms with E-state index in [1.165, 1.54) is 15.0 Å². The molecule has 0 radical (unpaired) electrons. The minimum absolute atomic E-state index is 0.950. The van der Waals surface area contributed by atoms with E-state index in [2.05, 4.69) is 40.3 Å². The molecule has 68 valence electrons. The van der Waals surface area contributed by atoms with E-state index in [1.807, 2.05) is 6.20 Å². The van der Waals surface area contributed by atoms with Gasteiger partial charge >= 0.3 is 0 Å². The lowest BCUT2D eigenvalue weighted by Gasteiger charge is -1.85. The number of imidazole rings is 1. The third kappa shape index (κ3) is 1.14. The Labute approximate surface area is 85.2 Å². The van der Waals surface area contributed by atoms with E-state index in [4.69, 9.17) is 0 Å². The Morgan fingerprint density at radius 1 is 1.21 bits per heavy atom. The average Bonchev–Trinajstić information content (AvgIpc) is 2.86. The Bertz CT molecular complexity index is 518. The van der Waals surface area contributed by atoms with E-state index in [9.17, 15) is 0 Å². The number of hydrogen-bond donors (Lipinski definition) is 1. The molecule has 3 heteroatoms. The van der Waals surface area contributed by atoms with E-state index in [0.717, 1.165) is 5.82 Å². The Morgan fingerprint density at radius 3 is 2.93 bits per heavy atom. The molecule has 2 heterocycles. The zero-order chi connectivity index (χ0) is 9.38. The number of thiophene rings is 1. The summed E-state index contributed by atoms with van der Waals surface area (Å²) in [6.07, 6.45) is 3.62. The Kier molecular flexibility index (Phi) is 1.64. The number of benzene rings is 1. The van der Waals surface area contributed by atoms with Crippen molar-refractivity contribution in [3.8, 4) is 10.7 Å². The Balaban J connectivity index is 2.24. The van der Waals surface area contributed by atoms with Gasteiger partial charge in [-0.2, -0.15) is 0 Å². The number of rotatable bonds is 1. The zero-order valence-electron chi connectivity index (χ0n) is 7.40. The molecule has 0 fully saturated rings. The summed E-state index contributed by atoms with van der Waals surface area (Å²) < 4.78 is 1.30. The molecule has 0 unspecified atom stereocenters. The first kappa shape index (κ1) is 7.76. The van der Waals surface area contributed by atoms with Gasteiger partial charge in [0.25, 0.3) is 0 Å². The van der Waals surface area contributed by atoms with Crippen molar-refractivity contribution >= 4 is 21.4 Å². The quantitative estimate of drug-likeness (QED) is 0.641. The number of aromatic amines is 1. The second-order valence-corrected chi connectivity index (χ2v) is 4.17. The van der Waals surface area contributed by atoms with Gasteiger partial charge in [0.1, 0.15) is 5.82 Å². The summed E-state index contributed by atoms with van der Waals surface area (Å²) in [5.41, 5.74) is 0. The number of H-pyrrole nitrogens is 1. The minimum atomic E-state index is 0.950. The molecule has 3 aromatic rings. The highest BCUT2D eigenvalue weighted by atomic mass is 32.1. The fourth-order valence-electron chi connectivity index (χ4n) is 1.50. The fourth-order valence-corrected chi connectivity index (χ4v) is 2.52. The van der Waals surface area contributed by atoms with Gasteiger partial charge in [0.2, 0.25) is 0 Å². The van der Waals surface area contributed by atoms with Gasteiger partial charge in [-0.1, -0.05) is 18.2 Å². The lowest BCUT2D eigenvalue weighted by Crippen LogP contribution is -1.71. The second kappa shape index (κ2) is 2.96. The van der Waals surface area contributed by atoms with Crippen molar-refractivity contribution in [1.82, 2.24) is 9.97 Å². The fraction of sp³-hybridized carbons (Fsp3) is 0. The molecule has 0 aliphatic rings. The highest BCUT2D eigenvalue weighted by Crippen LogP contribution is 2.31. The van der Waals surface area contributed by atoms with Crippen molar-refractivity contribution in [1.29, 1.82) is 0 Å². The monoisotopic (exact) mass is 200 g/mol. The number of nitrogens with zero attached hydrogens (tertiary/aromatic N) is 1. The number of fused-ring (bicyclic) bond motifs is 1. The van der Waals surface area contributed by atoms with E-state index >= 15 is 0 Å². The molecule has 0 saturated carbocycles. The summed E-state index contributed by atoms with van der Waals surface area (Å²) in [5, 5.41) is 1.28. The van der Waals surface area contributed by atoms with Crippen molar-refractivity contribution in [2.75, 3.05) is 0 Å². The molecule has 0 aliphatic heterocycles. The smallest absolute Gasteiger partial charge is 0.147 e. The molecule has 1 N–H and O–H groups in total. The van der Waals surface area contributed by atoms with Crippen LogP contribution in [0.2, 0.25) is 0 Å². The third-order valence-corrected chi connectivity index (χ3v) is 3.28. The largest absolute Gasteiger partial charge is 0.344 e. The molecular weight excluding hydrogens is 192 g/mol. The van der Waals surface area contributed by atoms with Crippen molar-refractivity contribution in [3.63, 3.8) is 0 Å². The molecule has 0 aliphatic carbocycles. The molecule has 2 aromatic heterocycles. The Hall–Kier alpha value is -1.61. The van der Waals surface area contributed by atoms with Crippen molar-refractivity contribution < 1.29 is 0 Å². The van der Waals surface area contributed by atoms with Gasteiger partial charge in [0, 0.05) is 17.1 Å². The molecule has 1 aromatic carbocycles. The molecule has 2 nitrogen and oxygen atoms in total. The normalized spacial score (nSPS) is 10.9. The number of hydrogen-bond acceptors (Lipinski definition) is 2. The van der Waals surface area contributed by atoms with Gasteiger partial charge in [-0.25, -0.2) is 4.98 Å². The minimum Gasteiger partial charge on any atom is -0.344 e. The highest BCUT2D eigenvalue weighted by Gasteiger charge is 2.04. The van der Waals surface area contributed by atoms with Crippen LogP contribution in [0.5, 0.6) is 0 Å². The van der Waals surface area contributed by atoms with Crippen molar-refractivity contribution in [2.24, 2.45) is 0 Å². The molecule has 0 spiro atoms. The van der Waals surface area contributed by atoms with E-state index in [1.54, 1.807) is 17.5 Å². The van der Waals surface area contributed by atoms with E-state index in [0.29, 0.717) is 0 Å². The van der Waals surface area contributed by atoms with E-state index < -0.39 is 0 Å². The van der Waals surface area contributed by atoms with Gasteiger partial charge in [-0.3, -0.25) is 0 Å². The van der Waals surface area contributed by atoms with Crippen LogP contribution in [-0.4, -0.2) is 9.97 Å². The van der Waals surface area contributed by atoms with Crippen LogP contribution in [0.25, 0.3) is 20.8 Å². The summed E-state index contributed by atoms with van der Waals surface area (Å²) in [6.45, 7) is 0. The summed E-state index contributed by atoms with van der Waals surface area (Å²) >= 11 is 1.76. The lowest BCUT2D eigenvalue weighted by molar-refractivity contribution is 1.33. The molecule has 0 atom stereocenters. The van der Waals surface area contributed by atoms with Crippen molar-refractivity contribution in [3.05, 3.63) is 42.7 Å². The van der Waals surface area contributed by atoms with Crippen LogP contribution in [-0.2, 0) is 0 Å². The summed E-state index contributed by atoms with van der Waals surface area (Å²) in [7, 11) is 0. The highest BCUT2D eigenvalue weighted by molar-refractivity contribution is 7.22. The first-order valence-corrected chi connectivity index (χ1v) is 5.23. The van der Waals surface area contributed by atoms with E-state index in [-0.39, 0.29) is 0 Å². The summed E-state index contributed by atoms with van der Waals surface area (Å²) in [5.74, 6) is 0.950. The SMILES string of the molecule is c1ccc2sc(-c3ncc[nH]3)cc2c1. The van der Waals surface area contributed by atoms with Gasteiger partial charge < -0.3 is 4.98 Å². The van der Waals surface area contributed by atoms with Crippen LogP contribution < -0.4 is 0 Å². The maximum atomic E-state index is 4.24. The molecule has 0 amide bonds. The first-order chi connectivity index (χ1) is 6.93. The van der Waals surface area contributed by atoms with Crippen LogP contribution in [0.3, 0.4) is 0 Å². The molecule has 14 heavy (non-hydrogen) atoms. The number of nitrogens with one attached hydrogen (secondary N) is 1.